The van der Waals surface area contributed by atoms with Crippen LogP contribution in [-0.2, 0) is 0 Å². The molecule has 19 heavy (non-hydrogen) atoms. The number of benzene rings is 1. The SMILES string of the molecule is Fc1cc(-c2cc(Cl)nc(C3CC3)n2)cc(F)c1F. The summed E-state index contributed by atoms with van der Waals surface area (Å²) >= 11 is 5.87. The third-order valence-corrected chi connectivity index (χ3v) is 3.13. The maximum absolute atomic E-state index is 13.2. The minimum atomic E-state index is -1.49. The Morgan fingerprint density at radius 1 is 1.00 bits per heavy atom. The van der Waals surface area contributed by atoms with Gasteiger partial charge in [-0.1, -0.05) is 11.6 Å². The van der Waals surface area contributed by atoms with Gasteiger partial charge in [-0.3, -0.25) is 0 Å². The lowest BCUT2D eigenvalue weighted by molar-refractivity contribution is 0.447. The maximum atomic E-state index is 13.2. The van der Waals surface area contributed by atoms with Crippen molar-refractivity contribution in [2.75, 3.05) is 0 Å². The highest BCUT2D eigenvalue weighted by Crippen LogP contribution is 2.39. The van der Waals surface area contributed by atoms with Crippen LogP contribution in [0.25, 0.3) is 11.3 Å². The Kier molecular flexibility index (Phi) is 2.93. The number of nitrogens with zero attached hydrogens (tertiary/aromatic N) is 2. The molecule has 1 fully saturated rings. The Morgan fingerprint density at radius 2 is 1.63 bits per heavy atom. The molecule has 1 heterocycles. The summed E-state index contributed by atoms with van der Waals surface area (Å²) in [5.74, 6) is -3.18. The average Bonchev–Trinajstić information content (AvgIpc) is 3.18. The van der Waals surface area contributed by atoms with Crippen LogP contribution in [0.1, 0.15) is 24.6 Å². The second-order valence-corrected chi connectivity index (χ2v) is 4.85. The fourth-order valence-electron chi connectivity index (χ4n) is 1.81. The smallest absolute Gasteiger partial charge is 0.194 e. The third kappa shape index (κ3) is 2.42. The molecule has 0 N–H and O–H groups in total. The highest BCUT2D eigenvalue weighted by Gasteiger charge is 2.27. The Labute approximate surface area is 112 Å². The molecule has 0 spiro atoms. The maximum Gasteiger partial charge on any atom is 0.194 e. The second-order valence-electron chi connectivity index (χ2n) is 4.46. The van der Waals surface area contributed by atoms with Crippen LogP contribution in [0.2, 0.25) is 5.15 Å². The minimum Gasteiger partial charge on any atom is -0.232 e. The lowest BCUT2D eigenvalue weighted by atomic mass is 10.1. The average molecular weight is 285 g/mol. The van der Waals surface area contributed by atoms with Gasteiger partial charge in [0.25, 0.3) is 0 Å². The molecule has 1 aromatic carbocycles. The van der Waals surface area contributed by atoms with E-state index in [4.69, 9.17) is 11.6 Å². The van der Waals surface area contributed by atoms with Gasteiger partial charge in [-0.2, -0.15) is 0 Å². The topological polar surface area (TPSA) is 25.8 Å². The molecule has 98 valence electrons. The molecular formula is C13H8ClF3N2. The normalized spacial score (nSPS) is 14.7. The largest absolute Gasteiger partial charge is 0.232 e. The predicted molar refractivity (Wildman–Crippen MR) is 64.3 cm³/mol. The molecule has 0 amide bonds. The molecule has 6 heteroatoms. The summed E-state index contributed by atoms with van der Waals surface area (Å²) in [5, 5.41) is 0.206. The monoisotopic (exact) mass is 284 g/mol. The van der Waals surface area contributed by atoms with E-state index in [0.717, 1.165) is 25.0 Å². The Bertz CT molecular complexity index is 633. The summed E-state index contributed by atoms with van der Waals surface area (Å²) in [4.78, 5) is 8.30. The van der Waals surface area contributed by atoms with Gasteiger partial charge in [-0.15, -0.1) is 0 Å². The molecule has 0 aliphatic heterocycles. The molecule has 0 saturated heterocycles. The summed E-state index contributed by atoms with van der Waals surface area (Å²) < 4.78 is 39.3. The van der Waals surface area contributed by atoms with Gasteiger partial charge in [-0.05, 0) is 25.0 Å². The van der Waals surface area contributed by atoms with E-state index in [1.807, 2.05) is 0 Å². The number of hydrogen-bond acceptors (Lipinski definition) is 2. The highest BCUT2D eigenvalue weighted by molar-refractivity contribution is 6.29. The van der Waals surface area contributed by atoms with Crippen LogP contribution in [-0.4, -0.2) is 9.97 Å². The standard InChI is InChI=1S/C13H8ClF3N2/c14-11-5-10(18-13(19-11)6-1-2-6)7-3-8(15)12(17)9(16)4-7/h3-6H,1-2H2. The van der Waals surface area contributed by atoms with Gasteiger partial charge >= 0.3 is 0 Å². The molecule has 2 nitrogen and oxygen atoms in total. The van der Waals surface area contributed by atoms with Crippen molar-refractivity contribution in [1.29, 1.82) is 0 Å². The molecule has 1 aliphatic rings. The Balaban J connectivity index is 2.11. The number of aromatic nitrogens is 2. The van der Waals surface area contributed by atoms with E-state index in [9.17, 15) is 13.2 Å². The Hall–Kier alpha value is -1.62. The van der Waals surface area contributed by atoms with E-state index in [0.29, 0.717) is 11.5 Å². The third-order valence-electron chi connectivity index (χ3n) is 2.93. The van der Waals surface area contributed by atoms with E-state index in [2.05, 4.69) is 9.97 Å². The molecule has 0 bridgehead atoms. The quantitative estimate of drug-likeness (QED) is 0.613. The number of hydrogen-bond donors (Lipinski definition) is 0. The molecule has 0 unspecified atom stereocenters. The van der Waals surface area contributed by atoms with E-state index in [1.165, 1.54) is 6.07 Å². The molecule has 1 saturated carbocycles. The van der Waals surface area contributed by atoms with Gasteiger partial charge in [0.15, 0.2) is 17.5 Å². The van der Waals surface area contributed by atoms with Crippen molar-refractivity contribution in [1.82, 2.24) is 9.97 Å². The van der Waals surface area contributed by atoms with E-state index in [-0.39, 0.29) is 16.6 Å². The van der Waals surface area contributed by atoms with Gasteiger partial charge < -0.3 is 0 Å². The van der Waals surface area contributed by atoms with Crippen LogP contribution in [0.5, 0.6) is 0 Å². The zero-order valence-electron chi connectivity index (χ0n) is 9.63. The summed E-state index contributed by atoms with van der Waals surface area (Å²) in [7, 11) is 0. The number of rotatable bonds is 2. The lowest BCUT2D eigenvalue weighted by Gasteiger charge is -2.06. The first kappa shape index (κ1) is 12.4. The fraction of sp³-hybridized carbons (Fsp3) is 0.231. The van der Waals surface area contributed by atoms with Crippen molar-refractivity contribution in [3.05, 3.63) is 46.6 Å². The Morgan fingerprint density at radius 3 is 2.21 bits per heavy atom. The van der Waals surface area contributed by atoms with Crippen LogP contribution in [0, 0.1) is 17.5 Å². The zero-order valence-corrected chi connectivity index (χ0v) is 10.4. The molecule has 2 aromatic rings. The van der Waals surface area contributed by atoms with Crippen LogP contribution in [0.15, 0.2) is 18.2 Å². The molecular weight excluding hydrogens is 277 g/mol. The summed E-state index contributed by atoms with van der Waals surface area (Å²) in [6.45, 7) is 0. The first-order valence-electron chi connectivity index (χ1n) is 5.74. The van der Waals surface area contributed by atoms with E-state index in [1.54, 1.807) is 0 Å². The minimum absolute atomic E-state index is 0.141. The highest BCUT2D eigenvalue weighted by atomic mass is 35.5. The van der Waals surface area contributed by atoms with Gasteiger partial charge in [-0.25, -0.2) is 23.1 Å². The van der Waals surface area contributed by atoms with Gasteiger partial charge in [0.2, 0.25) is 0 Å². The van der Waals surface area contributed by atoms with Crippen LogP contribution < -0.4 is 0 Å². The molecule has 0 atom stereocenters. The first-order chi connectivity index (χ1) is 9.04. The summed E-state index contributed by atoms with van der Waals surface area (Å²) in [6.07, 6.45) is 1.96. The molecule has 1 aliphatic carbocycles. The van der Waals surface area contributed by atoms with Gasteiger partial charge in [0.05, 0.1) is 5.69 Å². The number of halogens is 4. The molecule has 1 aromatic heterocycles. The molecule has 3 rings (SSSR count). The summed E-state index contributed by atoms with van der Waals surface area (Å²) in [5.41, 5.74) is 0.433. The van der Waals surface area contributed by atoms with Crippen molar-refractivity contribution < 1.29 is 13.2 Å². The van der Waals surface area contributed by atoms with Crippen molar-refractivity contribution >= 4 is 11.6 Å². The van der Waals surface area contributed by atoms with Crippen molar-refractivity contribution in [3.63, 3.8) is 0 Å². The summed E-state index contributed by atoms with van der Waals surface area (Å²) in [6, 6.07) is 3.20. The van der Waals surface area contributed by atoms with E-state index < -0.39 is 17.5 Å². The van der Waals surface area contributed by atoms with E-state index >= 15 is 0 Å². The molecule has 0 radical (unpaired) electrons. The lowest BCUT2D eigenvalue weighted by Crippen LogP contribution is -1.98. The fourth-order valence-corrected chi connectivity index (χ4v) is 2.00. The first-order valence-corrected chi connectivity index (χ1v) is 6.12. The van der Waals surface area contributed by atoms with Crippen LogP contribution in [0.4, 0.5) is 13.2 Å². The second kappa shape index (κ2) is 4.49. The van der Waals surface area contributed by atoms with Crippen molar-refractivity contribution in [3.8, 4) is 11.3 Å². The van der Waals surface area contributed by atoms with Crippen LogP contribution in [0.3, 0.4) is 0 Å². The van der Waals surface area contributed by atoms with Crippen LogP contribution >= 0.6 is 11.6 Å². The van der Waals surface area contributed by atoms with Crippen molar-refractivity contribution in [2.24, 2.45) is 0 Å². The van der Waals surface area contributed by atoms with Gasteiger partial charge in [0, 0.05) is 17.5 Å². The van der Waals surface area contributed by atoms with Gasteiger partial charge in [0.1, 0.15) is 11.0 Å². The van der Waals surface area contributed by atoms with Crippen molar-refractivity contribution in [2.45, 2.75) is 18.8 Å². The zero-order chi connectivity index (χ0) is 13.6. The predicted octanol–water partition coefficient (Wildman–Crippen LogP) is 4.09.